The summed E-state index contributed by atoms with van der Waals surface area (Å²) in [6, 6.07) is 27.1. The molecule has 4 aromatic rings. The summed E-state index contributed by atoms with van der Waals surface area (Å²) >= 11 is 0. The maximum absolute atomic E-state index is 5.50. The van der Waals surface area contributed by atoms with Crippen molar-refractivity contribution < 1.29 is 0 Å². The fraction of sp³-hybridized carbons (Fsp3) is 0.382. The van der Waals surface area contributed by atoms with E-state index in [1.165, 1.54) is 58.3 Å². The number of hydrogen-bond donors (Lipinski definition) is 0. The van der Waals surface area contributed by atoms with Crippen LogP contribution in [0.15, 0.2) is 72.8 Å². The van der Waals surface area contributed by atoms with Gasteiger partial charge in [-0.15, -0.1) is 0 Å². The molecule has 3 heteroatoms. The quantitative estimate of drug-likeness (QED) is 0.247. The van der Waals surface area contributed by atoms with E-state index in [4.69, 9.17) is 4.98 Å². The summed E-state index contributed by atoms with van der Waals surface area (Å²) in [6.07, 6.45) is 5.79. The fourth-order valence-corrected chi connectivity index (χ4v) is 6.19. The first-order valence-electron chi connectivity index (χ1n) is 14.2. The molecule has 1 unspecified atom stereocenters. The van der Waals surface area contributed by atoms with E-state index in [0.717, 1.165) is 44.0 Å². The highest BCUT2D eigenvalue weighted by Crippen LogP contribution is 2.38. The highest BCUT2D eigenvalue weighted by molar-refractivity contribution is 5.73. The maximum atomic E-state index is 5.50. The Bertz CT molecular complexity index is 1310. The van der Waals surface area contributed by atoms with Gasteiger partial charge >= 0.3 is 0 Å². The van der Waals surface area contributed by atoms with Crippen LogP contribution in [-0.4, -0.2) is 21.0 Å². The third-order valence-corrected chi connectivity index (χ3v) is 8.16. The largest absolute Gasteiger partial charge is 0.327 e. The van der Waals surface area contributed by atoms with Crippen LogP contribution in [0, 0.1) is 6.92 Å². The van der Waals surface area contributed by atoms with Gasteiger partial charge in [-0.1, -0.05) is 93.1 Å². The molecule has 0 bridgehead atoms. The zero-order chi connectivity index (χ0) is 25.8. The van der Waals surface area contributed by atoms with Gasteiger partial charge in [-0.3, -0.25) is 4.90 Å². The molecule has 0 N–H and O–H groups in total. The lowest BCUT2D eigenvalue weighted by Gasteiger charge is -2.36. The van der Waals surface area contributed by atoms with Gasteiger partial charge in [0.2, 0.25) is 0 Å². The van der Waals surface area contributed by atoms with Crippen LogP contribution in [0.2, 0.25) is 0 Å². The minimum absolute atomic E-state index is 0.456. The molecule has 1 aliphatic rings. The van der Waals surface area contributed by atoms with E-state index in [2.05, 4.69) is 110 Å². The van der Waals surface area contributed by atoms with Crippen molar-refractivity contribution >= 4 is 0 Å². The van der Waals surface area contributed by atoms with Crippen LogP contribution in [0.25, 0.3) is 22.6 Å². The van der Waals surface area contributed by atoms with Crippen LogP contribution in [0.3, 0.4) is 0 Å². The van der Waals surface area contributed by atoms with Gasteiger partial charge in [0, 0.05) is 30.3 Å². The SMILES string of the molecule is CCc1cccc(CC)c1-c1nc(-c2ccccc2C)c(CN2CCCCC2c2ccccc2)n1CC. The Labute approximate surface area is 223 Å². The van der Waals surface area contributed by atoms with Gasteiger partial charge in [0.25, 0.3) is 0 Å². The van der Waals surface area contributed by atoms with Crippen LogP contribution in [-0.2, 0) is 25.9 Å². The van der Waals surface area contributed by atoms with Gasteiger partial charge in [-0.05, 0) is 68.3 Å². The van der Waals surface area contributed by atoms with Crippen molar-refractivity contribution in [3.8, 4) is 22.6 Å². The zero-order valence-electron chi connectivity index (χ0n) is 23.0. The van der Waals surface area contributed by atoms with E-state index in [1.807, 2.05) is 0 Å². The first-order valence-corrected chi connectivity index (χ1v) is 14.2. The van der Waals surface area contributed by atoms with Crippen LogP contribution < -0.4 is 0 Å². The van der Waals surface area contributed by atoms with E-state index in [9.17, 15) is 0 Å². The molecule has 0 amide bonds. The molecule has 0 spiro atoms. The molecule has 1 aromatic heterocycles. The van der Waals surface area contributed by atoms with Crippen molar-refractivity contribution in [1.82, 2.24) is 14.5 Å². The normalized spacial score (nSPS) is 16.3. The van der Waals surface area contributed by atoms with Crippen molar-refractivity contribution in [2.45, 2.75) is 78.9 Å². The highest BCUT2D eigenvalue weighted by atomic mass is 15.2. The lowest BCUT2D eigenvalue weighted by molar-refractivity contribution is 0.137. The number of piperidine rings is 1. The van der Waals surface area contributed by atoms with E-state index < -0.39 is 0 Å². The molecule has 192 valence electrons. The molecule has 1 atom stereocenters. The lowest BCUT2D eigenvalue weighted by Crippen LogP contribution is -2.33. The van der Waals surface area contributed by atoms with Gasteiger partial charge in [0.05, 0.1) is 11.4 Å². The smallest absolute Gasteiger partial charge is 0.141 e. The second-order valence-electron chi connectivity index (χ2n) is 10.3. The van der Waals surface area contributed by atoms with Crippen molar-refractivity contribution in [1.29, 1.82) is 0 Å². The second kappa shape index (κ2) is 11.5. The average molecular weight is 492 g/mol. The molecular weight excluding hydrogens is 450 g/mol. The number of aromatic nitrogens is 2. The number of aryl methyl sites for hydroxylation is 3. The Balaban J connectivity index is 1.69. The van der Waals surface area contributed by atoms with Gasteiger partial charge in [0.1, 0.15) is 5.82 Å². The lowest BCUT2D eigenvalue weighted by atomic mass is 9.94. The zero-order valence-corrected chi connectivity index (χ0v) is 23.0. The molecule has 1 aliphatic heterocycles. The maximum Gasteiger partial charge on any atom is 0.141 e. The molecule has 37 heavy (non-hydrogen) atoms. The summed E-state index contributed by atoms with van der Waals surface area (Å²) in [6.45, 7) is 12.0. The predicted molar refractivity (Wildman–Crippen MR) is 156 cm³/mol. The highest BCUT2D eigenvalue weighted by Gasteiger charge is 2.29. The Morgan fingerprint density at radius 3 is 2.19 bits per heavy atom. The van der Waals surface area contributed by atoms with E-state index in [0.29, 0.717) is 6.04 Å². The number of rotatable bonds is 8. The number of imidazole rings is 1. The standard InChI is InChI=1S/C34H41N3/c1-5-26-19-15-20-27(6-2)32(26)34-35-33(29-21-12-11-16-25(29)4)31(37(34)7-3)24-36-23-14-13-22-30(36)28-17-9-8-10-18-28/h8-12,15-21,30H,5-7,13-14,22-24H2,1-4H3. The number of likely N-dealkylation sites (tertiary alicyclic amines) is 1. The van der Waals surface area contributed by atoms with Gasteiger partial charge in [-0.2, -0.15) is 0 Å². The average Bonchev–Trinajstić information content (AvgIpc) is 3.30. The van der Waals surface area contributed by atoms with Crippen LogP contribution in [0.4, 0.5) is 0 Å². The van der Waals surface area contributed by atoms with Gasteiger partial charge in [-0.25, -0.2) is 4.98 Å². The Morgan fingerprint density at radius 2 is 1.51 bits per heavy atom. The second-order valence-corrected chi connectivity index (χ2v) is 10.3. The van der Waals surface area contributed by atoms with E-state index >= 15 is 0 Å². The summed E-state index contributed by atoms with van der Waals surface area (Å²) in [5.74, 6) is 1.14. The van der Waals surface area contributed by atoms with Gasteiger partial charge in [0.15, 0.2) is 0 Å². The molecule has 3 nitrogen and oxygen atoms in total. The molecular formula is C34H41N3. The van der Waals surface area contributed by atoms with Crippen molar-refractivity contribution in [2.24, 2.45) is 0 Å². The summed E-state index contributed by atoms with van der Waals surface area (Å²) in [5, 5.41) is 0. The third kappa shape index (κ3) is 5.02. The minimum Gasteiger partial charge on any atom is -0.327 e. The molecule has 1 fully saturated rings. The Morgan fingerprint density at radius 1 is 0.811 bits per heavy atom. The Kier molecular flexibility index (Phi) is 7.90. The predicted octanol–water partition coefficient (Wildman–Crippen LogP) is 8.40. The van der Waals surface area contributed by atoms with Crippen LogP contribution in [0.5, 0.6) is 0 Å². The van der Waals surface area contributed by atoms with Crippen molar-refractivity contribution in [3.63, 3.8) is 0 Å². The van der Waals surface area contributed by atoms with Crippen molar-refractivity contribution in [3.05, 3.63) is 101 Å². The van der Waals surface area contributed by atoms with E-state index in [-0.39, 0.29) is 0 Å². The first-order chi connectivity index (χ1) is 18.2. The minimum atomic E-state index is 0.456. The molecule has 3 aromatic carbocycles. The van der Waals surface area contributed by atoms with Crippen molar-refractivity contribution in [2.75, 3.05) is 6.54 Å². The summed E-state index contributed by atoms with van der Waals surface area (Å²) < 4.78 is 2.52. The topological polar surface area (TPSA) is 21.1 Å². The monoisotopic (exact) mass is 491 g/mol. The summed E-state index contributed by atoms with van der Waals surface area (Å²) in [5.41, 5.74) is 10.6. The molecule has 0 aliphatic carbocycles. The Hall–Kier alpha value is -3.17. The molecule has 0 saturated carbocycles. The van der Waals surface area contributed by atoms with Crippen LogP contribution in [0.1, 0.15) is 74.0 Å². The molecule has 1 saturated heterocycles. The summed E-state index contributed by atoms with van der Waals surface area (Å²) in [4.78, 5) is 8.21. The first kappa shape index (κ1) is 25.5. The number of hydrogen-bond acceptors (Lipinski definition) is 2. The van der Waals surface area contributed by atoms with E-state index in [1.54, 1.807) is 0 Å². The molecule has 2 heterocycles. The molecule has 5 rings (SSSR count). The number of benzene rings is 3. The third-order valence-electron chi connectivity index (χ3n) is 8.16. The fourth-order valence-electron chi connectivity index (χ4n) is 6.19. The van der Waals surface area contributed by atoms with Gasteiger partial charge < -0.3 is 4.57 Å². The van der Waals surface area contributed by atoms with Crippen LogP contribution >= 0.6 is 0 Å². The molecule has 0 radical (unpaired) electrons. The number of nitrogens with zero attached hydrogens (tertiary/aromatic N) is 3. The summed E-state index contributed by atoms with van der Waals surface area (Å²) in [7, 11) is 0.